The Morgan fingerprint density at radius 1 is 0.900 bits per heavy atom. The number of nitrogens with one attached hydrogen (secondary N) is 1. The molecule has 0 fully saturated rings. The average molecular weight is 584 g/mol. The summed E-state index contributed by atoms with van der Waals surface area (Å²) in [5.41, 5.74) is 2.98. The predicted octanol–water partition coefficient (Wildman–Crippen LogP) is 5.36. The molecular formula is C31H38ClN3O4S. The summed E-state index contributed by atoms with van der Waals surface area (Å²) in [7, 11) is -3.62. The fourth-order valence-electron chi connectivity index (χ4n) is 4.56. The first kappa shape index (κ1) is 31.2. The second kappa shape index (κ2) is 14.3. The zero-order valence-electron chi connectivity index (χ0n) is 23.5. The van der Waals surface area contributed by atoms with Crippen LogP contribution in [0.25, 0.3) is 0 Å². The lowest BCUT2D eigenvalue weighted by molar-refractivity contribution is -0.141. The van der Waals surface area contributed by atoms with Crippen LogP contribution in [-0.4, -0.2) is 50.0 Å². The number of nitrogens with zero attached hydrogens (tertiary/aromatic N) is 2. The Kier molecular flexibility index (Phi) is 11.2. The van der Waals surface area contributed by atoms with Crippen molar-refractivity contribution in [2.75, 3.05) is 17.1 Å². The molecule has 3 aromatic carbocycles. The number of anilines is 1. The van der Waals surface area contributed by atoms with Crippen molar-refractivity contribution >= 4 is 39.1 Å². The van der Waals surface area contributed by atoms with Crippen LogP contribution < -0.4 is 9.62 Å². The molecule has 0 radical (unpaired) electrons. The summed E-state index contributed by atoms with van der Waals surface area (Å²) in [6, 6.07) is 23.5. The van der Waals surface area contributed by atoms with Gasteiger partial charge in [0.2, 0.25) is 21.8 Å². The van der Waals surface area contributed by atoms with E-state index in [2.05, 4.69) is 5.32 Å². The van der Waals surface area contributed by atoms with E-state index in [0.717, 1.165) is 17.4 Å². The molecule has 1 N–H and O–H groups in total. The minimum atomic E-state index is -3.62. The molecule has 1 atom stereocenters. The molecule has 7 nitrogen and oxygen atoms in total. The van der Waals surface area contributed by atoms with Crippen LogP contribution in [0.4, 0.5) is 5.69 Å². The topological polar surface area (TPSA) is 86.8 Å². The largest absolute Gasteiger partial charge is 0.352 e. The highest BCUT2D eigenvalue weighted by Crippen LogP contribution is 2.28. The van der Waals surface area contributed by atoms with E-state index in [1.54, 1.807) is 30.0 Å². The summed E-state index contributed by atoms with van der Waals surface area (Å²) >= 11 is 6.26. The highest BCUT2D eigenvalue weighted by atomic mass is 35.5. The predicted molar refractivity (Wildman–Crippen MR) is 162 cm³/mol. The molecule has 0 aliphatic heterocycles. The molecule has 0 aliphatic rings. The van der Waals surface area contributed by atoms with Crippen LogP contribution in [0.5, 0.6) is 0 Å². The standard InChI is InChI=1S/C31H38ClN3O4S/c1-23(2)33-31(37)29(21-25-13-7-5-8-14-25)34(22-26-15-9-6-10-16-26)30(36)19-12-20-35(40(4,38)39)28-18-11-17-27(32)24(28)3/h5-11,13-18,23,29H,12,19-22H2,1-4H3,(H,33,37)/t29-/m0/s1. The lowest BCUT2D eigenvalue weighted by Gasteiger charge is -2.32. The number of rotatable bonds is 13. The number of amides is 2. The molecule has 0 aromatic heterocycles. The Labute approximate surface area is 243 Å². The number of hydrogen-bond acceptors (Lipinski definition) is 4. The van der Waals surface area contributed by atoms with Gasteiger partial charge in [0.1, 0.15) is 6.04 Å². The van der Waals surface area contributed by atoms with Gasteiger partial charge in [-0.15, -0.1) is 0 Å². The van der Waals surface area contributed by atoms with Crippen molar-refractivity contribution in [1.82, 2.24) is 10.2 Å². The van der Waals surface area contributed by atoms with Gasteiger partial charge in [-0.25, -0.2) is 8.42 Å². The molecule has 9 heteroatoms. The van der Waals surface area contributed by atoms with E-state index >= 15 is 0 Å². The molecule has 214 valence electrons. The summed E-state index contributed by atoms with van der Waals surface area (Å²) in [4.78, 5) is 28.9. The highest BCUT2D eigenvalue weighted by Gasteiger charge is 2.31. The first-order valence-electron chi connectivity index (χ1n) is 13.4. The van der Waals surface area contributed by atoms with Crippen LogP contribution in [0.3, 0.4) is 0 Å². The van der Waals surface area contributed by atoms with Gasteiger partial charge in [-0.3, -0.25) is 13.9 Å². The van der Waals surface area contributed by atoms with Gasteiger partial charge < -0.3 is 10.2 Å². The van der Waals surface area contributed by atoms with Crippen LogP contribution in [-0.2, 0) is 32.6 Å². The molecule has 0 unspecified atom stereocenters. The SMILES string of the molecule is Cc1c(Cl)cccc1N(CCCC(=O)N(Cc1ccccc1)[C@@H](Cc1ccccc1)C(=O)NC(C)C)S(C)(=O)=O. The molecule has 0 heterocycles. The fourth-order valence-corrected chi connectivity index (χ4v) is 5.75. The van der Waals surface area contributed by atoms with E-state index in [4.69, 9.17) is 11.6 Å². The maximum absolute atomic E-state index is 13.8. The first-order valence-corrected chi connectivity index (χ1v) is 15.6. The van der Waals surface area contributed by atoms with Gasteiger partial charge in [0, 0.05) is 37.0 Å². The molecule has 40 heavy (non-hydrogen) atoms. The minimum absolute atomic E-state index is 0.0682. The number of halogens is 1. The Bertz CT molecular complexity index is 1380. The van der Waals surface area contributed by atoms with Gasteiger partial charge in [0.25, 0.3) is 0 Å². The van der Waals surface area contributed by atoms with Gasteiger partial charge in [0.05, 0.1) is 11.9 Å². The summed E-state index contributed by atoms with van der Waals surface area (Å²) in [6.45, 7) is 5.90. The van der Waals surface area contributed by atoms with Gasteiger partial charge in [-0.05, 0) is 56.0 Å². The molecule has 0 spiro atoms. The molecule has 3 rings (SSSR count). The molecule has 0 bridgehead atoms. The summed E-state index contributed by atoms with van der Waals surface area (Å²) in [6.07, 6.45) is 1.84. The van der Waals surface area contributed by atoms with Gasteiger partial charge in [-0.1, -0.05) is 78.3 Å². The van der Waals surface area contributed by atoms with E-state index in [-0.39, 0.29) is 43.8 Å². The Morgan fingerprint density at radius 3 is 2.08 bits per heavy atom. The maximum Gasteiger partial charge on any atom is 0.243 e. The third-order valence-corrected chi connectivity index (χ3v) is 8.15. The zero-order valence-corrected chi connectivity index (χ0v) is 25.1. The van der Waals surface area contributed by atoms with E-state index in [1.807, 2.05) is 74.5 Å². The van der Waals surface area contributed by atoms with Crippen molar-refractivity contribution in [3.8, 4) is 0 Å². The highest BCUT2D eigenvalue weighted by molar-refractivity contribution is 7.92. The van der Waals surface area contributed by atoms with Crippen molar-refractivity contribution in [2.45, 2.75) is 58.7 Å². The Balaban J connectivity index is 1.88. The monoisotopic (exact) mass is 583 g/mol. The van der Waals surface area contributed by atoms with Crippen molar-refractivity contribution in [3.05, 3.63) is 101 Å². The van der Waals surface area contributed by atoms with Gasteiger partial charge >= 0.3 is 0 Å². The maximum atomic E-state index is 13.8. The summed E-state index contributed by atoms with van der Waals surface area (Å²) < 4.78 is 26.7. The molecule has 0 saturated carbocycles. The normalized spacial score (nSPS) is 12.2. The van der Waals surface area contributed by atoms with Crippen LogP contribution in [0, 0.1) is 6.92 Å². The molecule has 3 aromatic rings. The number of carbonyl (C=O) groups excluding carboxylic acids is 2. The number of benzene rings is 3. The Morgan fingerprint density at radius 2 is 1.50 bits per heavy atom. The van der Waals surface area contributed by atoms with E-state index in [9.17, 15) is 18.0 Å². The van der Waals surface area contributed by atoms with E-state index in [1.165, 1.54) is 4.31 Å². The lowest BCUT2D eigenvalue weighted by Crippen LogP contribution is -2.51. The number of sulfonamides is 1. The third kappa shape index (κ3) is 8.83. The van der Waals surface area contributed by atoms with E-state index < -0.39 is 16.1 Å². The molecule has 0 aliphatic carbocycles. The molecule has 2 amide bonds. The smallest absolute Gasteiger partial charge is 0.243 e. The summed E-state index contributed by atoms with van der Waals surface area (Å²) in [5, 5.41) is 3.45. The average Bonchev–Trinajstić information content (AvgIpc) is 2.90. The van der Waals surface area contributed by atoms with Crippen molar-refractivity contribution in [3.63, 3.8) is 0 Å². The van der Waals surface area contributed by atoms with Crippen molar-refractivity contribution in [1.29, 1.82) is 0 Å². The molecule has 0 saturated heterocycles. The number of hydrogen-bond donors (Lipinski definition) is 1. The van der Waals surface area contributed by atoms with E-state index in [0.29, 0.717) is 22.7 Å². The second-order valence-corrected chi connectivity index (χ2v) is 12.5. The summed E-state index contributed by atoms with van der Waals surface area (Å²) in [5.74, 6) is -0.449. The van der Waals surface area contributed by atoms with Crippen LogP contribution in [0.2, 0.25) is 5.02 Å². The van der Waals surface area contributed by atoms with Crippen molar-refractivity contribution in [2.24, 2.45) is 0 Å². The van der Waals surface area contributed by atoms with Crippen LogP contribution in [0.15, 0.2) is 78.9 Å². The lowest BCUT2D eigenvalue weighted by atomic mass is 10.0. The van der Waals surface area contributed by atoms with Gasteiger partial charge in [0.15, 0.2) is 0 Å². The van der Waals surface area contributed by atoms with Crippen LogP contribution in [0.1, 0.15) is 43.4 Å². The molecular weight excluding hydrogens is 546 g/mol. The van der Waals surface area contributed by atoms with Gasteiger partial charge in [-0.2, -0.15) is 0 Å². The Hall–Kier alpha value is -3.36. The van der Waals surface area contributed by atoms with Crippen LogP contribution >= 0.6 is 11.6 Å². The fraction of sp³-hybridized carbons (Fsp3) is 0.355. The second-order valence-electron chi connectivity index (χ2n) is 10.2. The third-order valence-electron chi connectivity index (χ3n) is 6.56. The quantitative estimate of drug-likeness (QED) is 0.293. The minimum Gasteiger partial charge on any atom is -0.352 e. The first-order chi connectivity index (χ1) is 19.0. The number of carbonyl (C=O) groups is 2. The van der Waals surface area contributed by atoms with Crippen molar-refractivity contribution < 1.29 is 18.0 Å². The zero-order chi connectivity index (χ0) is 29.3.